The van der Waals surface area contributed by atoms with Crippen molar-refractivity contribution in [3.63, 3.8) is 0 Å². The summed E-state index contributed by atoms with van der Waals surface area (Å²) < 4.78 is 9.69. The zero-order chi connectivity index (χ0) is 12.3. The Morgan fingerprint density at radius 3 is 3.00 bits per heavy atom. The number of anilines is 1. The summed E-state index contributed by atoms with van der Waals surface area (Å²) in [7, 11) is 1.51. The van der Waals surface area contributed by atoms with Crippen molar-refractivity contribution >= 4 is 23.2 Å². The van der Waals surface area contributed by atoms with Gasteiger partial charge in [-0.1, -0.05) is 16.8 Å². The van der Waals surface area contributed by atoms with Crippen molar-refractivity contribution in [3.05, 3.63) is 41.2 Å². The van der Waals surface area contributed by atoms with Gasteiger partial charge in [-0.2, -0.15) is 0 Å². The van der Waals surface area contributed by atoms with Gasteiger partial charge in [0.2, 0.25) is 0 Å². The fourth-order valence-electron chi connectivity index (χ4n) is 1.29. The molecule has 0 aliphatic heterocycles. The monoisotopic (exact) mass is 252 g/mol. The maximum absolute atomic E-state index is 11.7. The summed E-state index contributed by atoms with van der Waals surface area (Å²) >= 11 is 5.84. The topological polar surface area (TPSA) is 64.4 Å². The summed E-state index contributed by atoms with van der Waals surface area (Å²) in [6, 6.07) is 4.95. The molecule has 17 heavy (non-hydrogen) atoms. The molecule has 0 saturated carbocycles. The Labute approximate surface area is 102 Å². The molecule has 6 heteroatoms. The molecule has 0 unspecified atom stereocenters. The average molecular weight is 253 g/mol. The lowest BCUT2D eigenvalue weighted by Crippen LogP contribution is -2.11. The van der Waals surface area contributed by atoms with Crippen molar-refractivity contribution in [2.45, 2.75) is 0 Å². The lowest BCUT2D eigenvalue weighted by molar-refractivity contribution is 0.102. The molecule has 2 rings (SSSR count). The third-order valence-corrected chi connectivity index (χ3v) is 2.34. The third-order valence-electron chi connectivity index (χ3n) is 2.10. The molecule has 0 saturated heterocycles. The molecule has 1 amide bonds. The quantitative estimate of drug-likeness (QED) is 0.912. The fraction of sp³-hybridized carbons (Fsp3) is 0.0909. The number of aromatic nitrogens is 1. The number of halogens is 1. The molecular formula is C11H9ClN2O3. The normalized spacial score (nSPS) is 10.0. The van der Waals surface area contributed by atoms with Crippen LogP contribution in [-0.4, -0.2) is 18.2 Å². The van der Waals surface area contributed by atoms with Crippen molar-refractivity contribution in [1.82, 2.24) is 5.16 Å². The highest BCUT2D eigenvalue weighted by molar-refractivity contribution is 6.31. The van der Waals surface area contributed by atoms with Crippen LogP contribution in [0.4, 0.5) is 5.69 Å². The Morgan fingerprint density at radius 2 is 2.35 bits per heavy atom. The Bertz CT molecular complexity index is 526. The second-order valence-corrected chi connectivity index (χ2v) is 3.65. The molecule has 0 spiro atoms. The molecule has 1 aromatic carbocycles. The molecule has 0 fully saturated rings. The summed E-state index contributed by atoms with van der Waals surface area (Å²) in [5.74, 6) is 0.186. The minimum Gasteiger partial charge on any atom is -0.495 e. The van der Waals surface area contributed by atoms with Gasteiger partial charge in [0.05, 0.1) is 24.6 Å². The van der Waals surface area contributed by atoms with E-state index in [9.17, 15) is 4.79 Å². The number of nitrogens with zero attached hydrogens (tertiary/aromatic N) is 1. The van der Waals surface area contributed by atoms with Crippen LogP contribution in [0.15, 0.2) is 35.2 Å². The van der Waals surface area contributed by atoms with E-state index in [4.69, 9.17) is 16.3 Å². The Hall–Kier alpha value is -2.01. The first-order chi connectivity index (χ1) is 8.20. The first-order valence-corrected chi connectivity index (χ1v) is 5.13. The van der Waals surface area contributed by atoms with Gasteiger partial charge in [-0.05, 0) is 18.2 Å². The van der Waals surface area contributed by atoms with E-state index in [1.165, 1.54) is 19.6 Å². The summed E-state index contributed by atoms with van der Waals surface area (Å²) in [4.78, 5) is 11.7. The van der Waals surface area contributed by atoms with Crippen LogP contribution in [0.1, 0.15) is 10.4 Å². The smallest absolute Gasteiger partial charge is 0.260 e. The Kier molecular flexibility index (Phi) is 3.30. The lowest BCUT2D eigenvalue weighted by atomic mass is 10.2. The second kappa shape index (κ2) is 4.88. The van der Waals surface area contributed by atoms with Crippen LogP contribution in [-0.2, 0) is 0 Å². The number of nitrogens with one attached hydrogen (secondary N) is 1. The van der Waals surface area contributed by atoms with Crippen molar-refractivity contribution in [2.24, 2.45) is 0 Å². The largest absolute Gasteiger partial charge is 0.495 e. The van der Waals surface area contributed by atoms with Crippen LogP contribution in [0.25, 0.3) is 0 Å². The predicted molar refractivity (Wildman–Crippen MR) is 62.5 cm³/mol. The van der Waals surface area contributed by atoms with Gasteiger partial charge in [0.25, 0.3) is 5.91 Å². The van der Waals surface area contributed by atoms with Gasteiger partial charge in [0, 0.05) is 5.02 Å². The van der Waals surface area contributed by atoms with Gasteiger partial charge in [0.1, 0.15) is 12.0 Å². The summed E-state index contributed by atoms with van der Waals surface area (Å²) in [5, 5.41) is 6.61. The molecule has 5 nitrogen and oxygen atoms in total. The van der Waals surface area contributed by atoms with Gasteiger partial charge in [-0.3, -0.25) is 4.79 Å². The van der Waals surface area contributed by atoms with Gasteiger partial charge in [0.15, 0.2) is 0 Å². The first-order valence-electron chi connectivity index (χ1n) is 4.75. The van der Waals surface area contributed by atoms with Crippen LogP contribution < -0.4 is 10.1 Å². The molecule has 0 aliphatic rings. The minimum absolute atomic E-state index is 0.326. The average Bonchev–Trinajstić information content (AvgIpc) is 2.83. The van der Waals surface area contributed by atoms with E-state index in [0.717, 1.165) is 0 Å². The van der Waals surface area contributed by atoms with E-state index >= 15 is 0 Å². The number of ether oxygens (including phenoxy) is 1. The highest BCUT2D eigenvalue weighted by Gasteiger charge is 2.11. The maximum Gasteiger partial charge on any atom is 0.260 e. The van der Waals surface area contributed by atoms with Crippen molar-refractivity contribution in [3.8, 4) is 5.75 Å². The van der Waals surface area contributed by atoms with Gasteiger partial charge < -0.3 is 14.6 Å². The van der Waals surface area contributed by atoms with Gasteiger partial charge in [-0.15, -0.1) is 0 Å². The fourth-order valence-corrected chi connectivity index (χ4v) is 1.46. The lowest BCUT2D eigenvalue weighted by Gasteiger charge is -2.09. The van der Waals surface area contributed by atoms with Crippen LogP contribution in [0.5, 0.6) is 5.75 Å². The van der Waals surface area contributed by atoms with Gasteiger partial charge in [-0.25, -0.2) is 0 Å². The van der Waals surface area contributed by atoms with Crippen molar-refractivity contribution in [1.29, 1.82) is 0 Å². The Morgan fingerprint density at radius 1 is 1.53 bits per heavy atom. The molecule has 1 N–H and O–H groups in total. The van der Waals surface area contributed by atoms with E-state index in [1.807, 2.05) is 0 Å². The number of benzene rings is 1. The highest BCUT2D eigenvalue weighted by Crippen LogP contribution is 2.27. The molecule has 0 atom stereocenters. The van der Waals surface area contributed by atoms with Crippen molar-refractivity contribution < 1.29 is 14.1 Å². The summed E-state index contributed by atoms with van der Waals surface area (Å²) in [5.41, 5.74) is 0.818. The number of hydrogen-bond acceptors (Lipinski definition) is 4. The maximum atomic E-state index is 11.7. The van der Waals surface area contributed by atoms with Crippen LogP contribution in [0, 0.1) is 0 Å². The molecule has 0 aliphatic carbocycles. The van der Waals surface area contributed by atoms with Crippen molar-refractivity contribution in [2.75, 3.05) is 12.4 Å². The number of rotatable bonds is 3. The number of carbonyl (C=O) groups is 1. The Balaban J connectivity index is 2.23. The number of hydrogen-bond donors (Lipinski definition) is 1. The first kappa shape index (κ1) is 11.5. The number of amides is 1. The standard InChI is InChI=1S/C11H9ClN2O3/c1-16-10-3-2-8(12)4-9(10)14-11(15)7-5-13-17-6-7/h2-6H,1H3,(H,14,15). The summed E-state index contributed by atoms with van der Waals surface area (Å²) in [6.07, 6.45) is 2.58. The SMILES string of the molecule is COc1ccc(Cl)cc1NC(=O)c1cnoc1. The van der Waals surface area contributed by atoms with E-state index in [0.29, 0.717) is 22.0 Å². The van der Waals surface area contributed by atoms with E-state index < -0.39 is 0 Å². The molecule has 1 heterocycles. The van der Waals surface area contributed by atoms with E-state index in [-0.39, 0.29) is 5.91 Å². The molecule has 1 aromatic heterocycles. The number of carbonyl (C=O) groups excluding carboxylic acids is 1. The second-order valence-electron chi connectivity index (χ2n) is 3.21. The van der Waals surface area contributed by atoms with E-state index in [1.54, 1.807) is 18.2 Å². The highest BCUT2D eigenvalue weighted by atomic mass is 35.5. The third kappa shape index (κ3) is 2.57. The zero-order valence-corrected chi connectivity index (χ0v) is 9.69. The minimum atomic E-state index is -0.341. The van der Waals surface area contributed by atoms with Crippen LogP contribution in [0.3, 0.4) is 0 Å². The van der Waals surface area contributed by atoms with Crippen LogP contribution in [0.2, 0.25) is 5.02 Å². The molecule has 2 aromatic rings. The summed E-state index contributed by atoms with van der Waals surface area (Å²) in [6.45, 7) is 0. The predicted octanol–water partition coefficient (Wildman–Crippen LogP) is 2.59. The number of methoxy groups -OCH3 is 1. The molecule has 88 valence electrons. The zero-order valence-electron chi connectivity index (χ0n) is 8.94. The van der Waals surface area contributed by atoms with Gasteiger partial charge >= 0.3 is 0 Å². The van der Waals surface area contributed by atoms with Crippen LogP contribution >= 0.6 is 11.6 Å². The molecule has 0 radical (unpaired) electrons. The molecular weight excluding hydrogens is 244 g/mol. The van der Waals surface area contributed by atoms with E-state index in [2.05, 4.69) is 15.0 Å². The molecule has 0 bridgehead atoms.